The van der Waals surface area contributed by atoms with Crippen molar-refractivity contribution < 1.29 is 19.4 Å². The molecule has 0 radical (unpaired) electrons. The molecular formula is C10H17NO4. The number of carbonyl (C=O) groups excluding carboxylic acids is 1. The molecule has 5 heteroatoms. The summed E-state index contributed by atoms with van der Waals surface area (Å²) in [5.74, 6) is -0.949. The average molecular weight is 215 g/mol. The van der Waals surface area contributed by atoms with Gasteiger partial charge in [0.05, 0.1) is 6.10 Å². The molecule has 0 bridgehead atoms. The number of carboxylic acid groups (broad SMARTS) is 1. The van der Waals surface area contributed by atoms with E-state index in [-0.39, 0.29) is 6.10 Å². The van der Waals surface area contributed by atoms with Gasteiger partial charge >= 0.3 is 12.1 Å². The number of nitrogens with zero attached hydrogens (tertiary/aromatic N) is 1. The van der Waals surface area contributed by atoms with Crippen LogP contribution in [-0.2, 0) is 9.53 Å². The molecule has 1 unspecified atom stereocenters. The second-order valence-corrected chi connectivity index (χ2v) is 3.98. The van der Waals surface area contributed by atoms with Gasteiger partial charge in [-0.1, -0.05) is 0 Å². The number of rotatable bonds is 2. The van der Waals surface area contributed by atoms with Crippen molar-refractivity contribution >= 4 is 12.1 Å². The molecule has 0 saturated carbocycles. The highest BCUT2D eigenvalue weighted by molar-refractivity contribution is 5.80. The maximum atomic E-state index is 11.6. The van der Waals surface area contributed by atoms with E-state index in [2.05, 4.69) is 0 Å². The molecule has 0 aliphatic carbocycles. The molecule has 1 rings (SSSR count). The normalized spacial score (nSPS) is 21.5. The molecule has 1 fully saturated rings. The molecule has 0 aromatic carbocycles. The zero-order valence-electron chi connectivity index (χ0n) is 9.10. The van der Waals surface area contributed by atoms with E-state index < -0.39 is 18.1 Å². The molecule has 86 valence electrons. The number of amides is 1. The van der Waals surface area contributed by atoms with Crippen molar-refractivity contribution in [3.63, 3.8) is 0 Å². The van der Waals surface area contributed by atoms with E-state index in [1.807, 2.05) is 0 Å². The quantitative estimate of drug-likeness (QED) is 0.757. The Hall–Kier alpha value is -1.26. The minimum absolute atomic E-state index is 0.214. The molecule has 1 N–H and O–H groups in total. The van der Waals surface area contributed by atoms with Crippen LogP contribution in [0.5, 0.6) is 0 Å². The number of ether oxygens (including phenoxy) is 1. The number of aliphatic carboxylic acids is 1. The van der Waals surface area contributed by atoms with Crippen molar-refractivity contribution in [1.82, 2.24) is 4.90 Å². The SMILES string of the molecule is CC(C)OC(=O)N1CCCCC1C(=O)O. The summed E-state index contributed by atoms with van der Waals surface area (Å²) in [6, 6.07) is -0.718. The second kappa shape index (κ2) is 5.00. The third-order valence-electron chi connectivity index (χ3n) is 2.36. The van der Waals surface area contributed by atoms with Gasteiger partial charge in [-0.3, -0.25) is 4.90 Å². The fraction of sp³-hybridized carbons (Fsp3) is 0.800. The van der Waals surface area contributed by atoms with Crippen molar-refractivity contribution in [3.8, 4) is 0 Å². The third-order valence-corrected chi connectivity index (χ3v) is 2.36. The van der Waals surface area contributed by atoms with Crippen LogP contribution in [0, 0.1) is 0 Å². The molecule has 0 aromatic rings. The monoisotopic (exact) mass is 215 g/mol. The molecule has 0 spiro atoms. The summed E-state index contributed by atoms with van der Waals surface area (Å²) in [6.45, 7) is 3.97. The molecular weight excluding hydrogens is 198 g/mol. The lowest BCUT2D eigenvalue weighted by atomic mass is 10.0. The number of carbonyl (C=O) groups is 2. The first-order valence-electron chi connectivity index (χ1n) is 5.22. The Morgan fingerprint density at radius 2 is 2.07 bits per heavy atom. The highest BCUT2D eigenvalue weighted by Gasteiger charge is 2.33. The van der Waals surface area contributed by atoms with Gasteiger partial charge in [0.15, 0.2) is 0 Å². The van der Waals surface area contributed by atoms with E-state index in [4.69, 9.17) is 9.84 Å². The number of hydrogen-bond acceptors (Lipinski definition) is 3. The Labute approximate surface area is 89.0 Å². The van der Waals surface area contributed by atoms with E-state index in [9.17, 15) is 9.59 Å². The molecule has 15 heavy (non-hydrogen) atoms. The van der Waals surface area contributed by atoms with E-state index >= 15 is 0 Å². The maximum absolute atomic E-state index is 11.6. The van der Waals surface area contributed by atoms with Crippen LogP contribution < -0.4 is 0 Å². The summed E-state index contributed by atoms with van der Waals surface area (Å²) in [5.41, 5.74) is 0. The van der Waals surface area contributed by atoms with Crippen LogP contribution in [0.15, 0.2) is 0 Å². The van der Waals surface area contributed by atoms with Gasteiger partial charge in [-0.2, -0.15) is 0 Å². The lowest BCUT2D eigenvalue weighted by Crippen LogP contribution is -2.48. The molecule has 1 saturated heterocycles. The highest BCUT2D eigenvalue weighted by Crippen LogP contribution is 2.18. The molecule has 1 atom stereocenters. The van der Waals surface area contributed by atoms with E-state index in [1.165, 1.54) is 4.90 Å². The Bertz CT molecular complexity index is 252. The predicted octanol–water partition coefficient (Wildman–Crippen LogP) is 1.47. The summed E-state index contributed by atoms with van der Waals surface area (Å²) in [5, 5.41) is 8.94. The highest BCUT2D eigenvalue weighted by atomic mass is 16.6. The van der Waals surface area contributed by atoms with Gasteiger partial charge in [0, 0.05) is 6.54 Å². The van der Waals surface area contributed by atoms with Gasteiger partial charge in [0.1, 0.15) is 6.04 Å². The van der Waals surface area contributed by atoms with Crippen molar-refractivity contribution in [2.75, 3.05) is 6.54 Å². The summed E-state index contributed by atoms with van der Waals surface area (Å²) in [7, 11) is 0. The molecule has 1 aliphatic rings. The van der Waals surface area contributed by atoms with Crippen molar-refractivity contribution in [1.29, 1.82) is 0 Å². The van der Waals surface area contributed by atoms with Crippen LogP contribution in [0.25, 0.3) is 0 Å². The minimum Gasteiger partial charge on any atom is -0.480 e. The predicted molar refractivity (Wildman–Crippen MR) is 53.6 cm³/mol. The minimum atomic E-state index is -0.949. The van der Waals surface area contributed by atoms with Crippen LogP contribution in [0.4, 0.5) is 4.79 Å². The van der Waals surface area contributed by atoms with Crippen LogP contribution in [0.1, 0.15) is 33.1 Å². The first kappa shape index (κ1) is 11.8. The fourth-order valence-corrected chi connectivity index (χ4v) is 1.68. The lowest BCUT2D eigenvalue weighted by Gasteiger charge is -2.32. The number of hydrogen-bond donors (Lipinski definition) is 1. The average Bonchev–Trinajstić information content (AvgIpc) is 2.16. The first-order valence-corrected chi connectivity index (χ1v) is 5.22. The molecule has 1 heterocycles. The Morgan fingerprint density at radius 3 is 2.60 bits per heavy atom. The molecule has 0 aromatic heterocycles. The number of piperidine rings is 1. The third kappa shape index (κ3) is 3.11. The zero-order chi connectivity index (χ0) is 11.4. The van der Waals surface area contributed by atoms with Gasteiger partial charge in [-0.15, -0.1) is 0 Å². The Balaban J connectivity index is 2.63. The second-order valence-electron chi connectivity index (χ2n) is 3.98. The number of carboxylic acids is 1. The van der Waals surface area contributed by atoms with E-state index in [0.29, 0.717) is 13.0 Å². The van der Waals surface area contributed by atoms with Crippen LogP contribution in [0.2, 0.25) is 0 Å². The molecule has 1 aliphatic heterocycles. The maximum Gasteiger partial charge on any atom is 0.410 e. The smallest absolute Gasteiger partial charge is 0.410 e. The van der Waals surface area contributed by atoms with Crippen molar-refractivity contribution in [3.05, 3.63) is 0 Å². The van der Waals surface area contributed by atoms with Gasteiger partial charge in [0.2, 0.25) is 0 Å². The van der Waals surface area contributed by atoms with Crippen molar-refractivity contribution in [2.24, 2.45) is 0 Å². The first-order chi connectivity index (χ1) is 7.02. The van der Waals surface area contributed by atoms with E-state index in [0.717, 1.165) is 12.8 Å². The summed E-state index contributed by atoms with van der Waals surface area (Å²) in [4.78, 5) is 23.8. The van der Waals surface area contributed by atoms with Gasteiger partial charge in [0.25, 0.3) is 0 Å². The van der Waals surface area contributed by atoms with Crippen molar-refractivity contribution in [2.45, 2.75) is 45.3 Å². The zero-order valence-corrected chi connectivity index (χ0v) is 9.10. The van der Waals surface area contributed by atoms with E-state index in [1.54, 1.807) is 13.8 Å². The van der Waals surface area contributed by atoms with Crippen LogP contribution in [-0.4, -0.2) is 40.8 Å². The lowest BCUT2D eigenvalue weighted by molar-refractivity contribution is -0.144. The summed E-state index contributed by atoms with van der Waals surface area (Å²) in [6.07, 6.45) is 1.48. The molecule has 1 amide bonds. The van der Waals surface area contributed by atoms with Gasteiger partial charge in [-0.05, 0) is 33.1 Å². The standard InChI is InChI=1S/C10H17NO4/c1-7(2)15-10(14)11-6-4-3-5-8(11)9(12)13/h7-8H,3-6H2,1-2H3,(H,12,13). The summed E-state index contributed by atoms with van der Waals surface area (Å²) >= 11 is 0. The van der Waals surface area contributed by atoms with Gasteiger partial charge < -0.3 is 9.84 Å². The summed E-state index contributed by atoms with van der Waals surface area (Å²) < 4.78 is 4.99. The van der Waals surface area contributed by atoms with Crippen LogP contribution >= 0.6 is 0 Å². The largest absolute Gasteiger partial charge is 0.480 e. The Kier molecular flexibility index (Phi) is 3.94. The fourth-order valence-electron chi connectivity index (χ4n) is 1.68. The molecule has 5 nitrogen and oxygen atoms in total. The number of likely N-dealkylation sites (tertiary alicyclic amines) is 1. The Morgan fingerprint density at radius 1 is 1.40 bits per heavy atom. The van der Waals surface area contributed by atoms with Crippen LogP contribution in [0.3, 0.4) is 0 Å². The van der Waals surface area contributed by atoms with Gasteiger partial charge in [-0.25, -0.2) is 9.59 Å². The topological polar surface area (TPSA) is 66.8 Å².